The van der Waals surface area contributed by atoms with Crippen molar-refractivity contribution in [3.8, 4) is 0 Å². The fraction of sp³-hybridized carbons (Fsp3) is 0.474. The molecule has 2 atom stereocenters. The van der Waals surface area contributed by atoms with Crippen LogP contribution >= 0.6 is 11.3 Å². The maximum Gasteiger partial charge on any atom is 0.220 e. The second-order valence-electron chi connectivity index (χ2n) is 6.56. The van der Waals surface area contributed by atoms with Crippen LogP contribution in [-0.4, -0.2) is 16.9 Å². The van der Waals surface area contributed by atoms with Crippen LogP contribution in [0.15, 0.2) is 29.8 Å². The Morgan fingerprint density at radius 1 is 1.33 bits per heavy atom. The predicted molar refractivity (Wildman–Crippen MR) is 94.5 cm³/mol. The highest BCUT2D eigenvalue weighted by atomic mass is 32.1. The lowest BCUT2D eigenvalue weighted by Gasteiger charge is -2.21. The van der Waals surface area contributed by atoms with Crippen LogP contribution in [0.3, 0.4) is 0 Å². The molecule has 1 aromatic heterocycles. The highest BCUT2D eigenvalue weighted by Gasteiger charge is 2.28. The van der Waals surface area contributed by atoms with Gasteiger partial charge >= 0.3 is 0 Å². The van der Waals surface area contributed by atoms with Gasteiger partial charge in [0.05, 0.1) is 11.2 Å². The molecule has 1 fully saturated rings. The molecule has 1 N–H and O–H groups in total. The number of rotatable bonds is 6. The van der Waals surface area contributed by atoms with E-state index in [1.807, 2.05) is 24.6 Å². The van der Waals surface area contributed by atoms with Gasteiger partial charge in [0.2, 0.25) is 5.91 Å². The Morgan fingerprint density at radius 2 is 2.12 bits per heavy atom. The minimum Gasteiger partial charge on any atom is -0.353 e. The molecule has 0 bridgehead atoms. The molecule has 0 spiro atoms. The molecule has 128 valence electrons. The number of aromatic nitrogens is 1. The lowest BCUT2D eigenvalue weighted by Crippen LogP contribution is -2.38. The number of carbonyl (C=O) groups excluding carboxylic acids is 1. The first-order valence-corrected chi connectivity index (χ1v) is 9.42. The maximum atomic E-state index is 13.0. The van der Waals surface area contributed by atoms with Crippen LogP contribution in [0, 0.1) is 18.7 Å². The fourth-order valence-corrected chi connectivity index (χ4v) is 4.25. The number of benzene rings is 1. The lowest BCUT2D eigenvalue weighted by molar-refractivity contribution is -0.122. The van der Waals surface area contributed by atoms with E-state index in [1.165, 1.54) is 17.0 Å². The highest BCUT2D eigenvalue weighted by Crippen LogP contribution is 2.29. The molecular weight excluding hydrogens is 323 g/mol. The lowest BCUT2D eigenvalue weighted by atomic mass is 9.94. The average molecular weight is 346 g/mol. The van der Waals surface area contributed by atoms with Crippen molar-refractivity contribution in [1.82, 2.24) is 10.3 Å². The smallest absolute Gasteiger partial charge is 0.220 e. The van der Waals surface area contributed by atoms with Crippen molar-refractivity contribution < 1.29 is 9.18 Å². The quantitative estimate of drug-likeness (QED) is 0.857. The van der Waals surface area contributed by atoms with E-state index in [9.17, 15) is 9.18 Å². The average Bonchev–Trinajstić information content (AvgIpc) is 3.17. The molecule has 1 aliphatic rings. The first-order valence-electron chi connectivity index (χ1n) is 8.54. The molecule has 1 saturated carbocycles. The minimum absolute atomic E-state index is 0.124. The zero-order valence-corrected chi connectivity index (χ0v) is 14.7. The van der Waals surface area contributed by atoms with Gasteiger partial charge in [0, 0.05) is 17.3 Å². The number of aryl methyl sites for hydroxylation is 2. The van der Waals surface area contributed by atoms with Crippen LogP contribution in [0.2, 0.25) is 0 Å². The molecule has 0 radical (unpaired) electrons. The standard InChI is InChI=1S/C19H23FN2OS/c1-13-18(24-12-21-13)9-10-19(23)22-17-4-2-3-15(17)11-14-5-7-16(20)8-6-14/h5-8,12,15,17H,2-4,9-11H2,1H3,(H,22,23)/t15-,17-/m0/s1. The Bertz CT molecular complexity index is 683. The predicted octanol–water partition coefficient (Wildman–Crippen LogP) is 4.05. The topological polar surface area (TPSA) is 42.0 Å². The zero-order chi connectivity index (χ0) is 16.9. The van der Waals surface area contributed by atoms with E-state index < -0.39 is 0 Å². The number of hydrogen-bond donors (Lipinski definition) is 1. The summed E-state index contributed by atoms with van der Waals surface area (Å²) in [5.74, 6) is 0.372. The Labute approximate surface area is 146 Å². The first-order chi connectivity index (χ1) is 11.6. The van der Waals surface area contributed by atoms with Gasteiger partial charge in [0.25, 0.3) is 0 Å². The monoisotopic (exact) mass is 346 g/mol. The summed E-state index contributed by atoms with van der Waals surface area (Å²) < 4.78 is 13.0. The molecule has 0 unspecified atom stereocenters. The van der Waals surface area contributed by atoms with E-state index in [0.29, 0.717) is 12.3 Å². The van der Waals surface area contributed by atoms with E-state index >= 15 is 0 Å². The van der Waals surface area contributed by atoms with Gasteiger partial charge in [-0.05, 0) is 56.2 Å². The summed E-state index contributed by atoms with van der Waals surface area (Å²) in [6, 6.07) is 6.95. The van der Waals surface area contributed by atoms with Crippen molar-refractivity contribution in [2.45, 2.75) is 51.5 Å². The van der Waals surface area contributed by atoms with Crippen molar-refractivity contribution >= 4 is 17.2 Å². The summed E-state index contributed by atoms with van der Waals surface area (Å²) >= 11 is 1.62. The summed E-state index contributed by atoms with van der Waals surface area (Å²) in [7, 11) is 0. The van der Waals surface area contributed by atoms with Gasteiger partial charge in [-0.2, -0.15) is 0 Å². The third kappa shape index (κ3) is 4.41. The molecule has 1 aromatic carbocycles. The number of thiazole rings is 1. The van der Waals surface area contributed by atoms with Crippen LogP contribution < -0.4 is 5.32 Å². The second kappa shape index (κ2) is 7.88. The molecule has 1 aliphatic carbocycles. The van der Waals surface area contributed by atoms with Gasteiger partial charge < -0.3 is 5.32 Å². The largest absolute Gasteiger partial charge is 0.353 e. The summed E-state index contributed by atoms with van der Waals surface area (Å²) in [5.41, 5.74) is 4.00. The first kappa shape index (κ1) is 17.1. The van der Waals surface area contributed by atoms with Gasteiger partial charge in [-0.3, -0.25) is 4.79 Å². The summed E-state index contributed by atoms with van der Waals surface area (Å²) in [4.78, 5) is 17.7. The van der Waals surface area contributed by atoms with Crippen molar-refractivity contribution in [2.24, 2.45) is 5.92 Å². The van der Waals surface area contributed by atoms with Crippen LogP contribution in [0.25, 0.3) is 0 Å². The van der Waals surface area contributed by atoms with Crippen molar-refractivity contribution in [2.75, 3.05) is 0 Å². The molecule has 5 heteroatoms. The summed E-state index contributed by atoms with van der Waals surface area (Å²) in [6.45, 7) is 1.99. The minimum atomic E-state index is -0.201. The fourth-order valence-electron chi connectivity index (χ4n) is 3.47. The van der Waals surface area contributed by atoms with Gasteiger partial charge in [0.15, 0.2) is 0 Å². The molecular formula is C19H23FN2OS. The van der Waals surface area contributed by atoms with Gasteiger partial charge in [0.1, 0.15) is 5.82 Å². The van der Waals surface area contributed by atoms with Gasteiger partial charge in [-0.15, -0.1) is 11.3 Å². The molecule has 2 aromatic rings. The Morgan fingerprint density at radius 3 is 2.83 bits per heavy atom. The SMILES string of the molecule is Cc1ncsc1CCC(=O)N[C@H]1CCC[C@H]1Cc1ccc(F)cc1. The van der Waals surface area contributed by atoms with E-state index in [2.05, 4.69) is 10.3 Å². The Balaban J connectivity index is 1.50. The van der Waals surface area contributed by atoms with Gasteiger partial charge in [-0.1, -0.05) is 18.6 Å². The summed E-state index contributed by atoms with van der Waals surface area (Å²) in [6.07, 6.45) is 5.48. The number of halogens is 1. The van der Waals surface area contributed by atoms with E-state index in [4.69, 9.17) is 0 Å². The number of nitrogens with zero attached hydrogens (tertiary/aromatic N) is 1. The molecule has 1 amide bonds. The second-order valence-corrected chi connectivity index (χ2v) is 7.50. The Hall–Kier alpha value is -1.75. The van der Waals surface area contributed by atoms with Crippen LogP contribution in [0.1, 0.15) is 41.8 Å². The third-order valence-electron chi connectivity index (χ3n) is 4.84. The summed E-state index contributed by atoms with van der Waals surface area (Å²) in [5, 5.41) is 3.21. The van der Waals surface area contributed by atoms with E-state index in [1.54, 1.807) is 11.3 Å². The highest BCUT2D eigenvalue weighted by molar-refractivity contribution is 7.09. The normalized spacial score (nSPS) is 20.2. The van der Waals surface area contributed by atoms with Crippen molar-refractivity contribution in [3.63, 3.8) is 0 Å². The maximum absolute atomic E-state index is 13.0. The molecule has 3 nitrogen and oxygen atoms in total. The molecule has 3 rings (SSSR count). The number of amides is 1. The number of carbonyl (C=O) groups is 1. The van der Waals surface area contributed by atoms with Crippen LogP contribution in [0.5, 0.6) is 0 Å². The van der Waals surface area contributed by atoms with E-state index in [0.717, 1.165) is 43.4 Å². The third-order valence-corrected chi connectivity index (χ3v) is 5.84. The Kier molecular flexibility index (Phi) is 5.61. The number of hydrogen-bond acceptors (Lipinski definition) is 3. The van der Waals surface area contributed by atoms with Crippen LogP contribution in [0.4, 0.5) is 4.39 Å². The molecule has 0 saturated heterocycles. The molecule has 0 aliphatic heterocycles. The van der Waals surface area contributed by atoms with E-state index in [-0.39, 0.29) is 17.8 Å². The molecule has 24 heavy (non-hydrogen) atoms. The number of nitrogens with one attached hydrogen (secondary N) is 1. The van der Waals surface area contributed by atoms with Crippen LogP contribution in [-0.2, 0) is 17.6 Å². The van der Waals surface area contributed by atoms with Crippen molar-refractivity contribution in [3.05, 3.63) is 51.7 Å². The molecule has 1 heterocycles. The zero-order valence-electron chi connectivity index (χ0n) is 13.9. The van der Waals surface area contributed by atoms with Crippen molar-refractivity contribution in [1.29, 1.82) is 0 Å². The van der Waals surface area contributed by atoms with Gasteiger partial charge in [-0.25, -0.2) is 9.37 Å².